The van der Waals surface area contributed by atoms with E-state index >= 15 is 0 Å². The molecule has 3 N–H and O–H groups in total. The molecule has 2 rings (SSSR count). The number of hydrogen-bond donors (Lipinski definition) is 2. The van der Waals surface area contributed by atoms with Gasteiger partial charge in [0.1, 0.15) is 12.2 Å². The molecule has 0 spiro atoms. The van der Waals surface area contributed by atoms with E-state index < -0.39 is 18.6 Å². The standard InChI is InChI=1S/C12H16F3N3O/c13-12(14,15)7-18-6-2-5-10(18)11(19)17-9-4-1-3-8(9)16/h2,5-6,8-9H,1,3-4,7,16H2,(H,17,19). The first-order valence-electron chi connectivity index (χ1n) is 6.15. The van der Waals surface area contributed by atoms with Crippen LogP contribution in [0.4, 0.5) is 13.2 Å². The van der Waals surface area contributed by atoms with Crippen LogP contribution in [0, 0.1) is 0 Å². The lowest BCUT2D eigenvalue weighted by Gasteiger charge is -2.18. The minimum absolute atomic E-state index is 0.0106. The maximum Gasteiger partial charge on any atom is 0.406 e. The molecular formula is C12H16F3N3O. The minimum Gasteiger partial charge on any atom is -0.346 e. The highest BCUT2D eigenvalue weighted by atomic mass is 19.4. The summed E-state index contributed by atoms with van der Waals surface area (Å²) in [6.45, 7) is -1.17. The van der Waals surface area contributed by atoms with Gasteiger partial charge in [0.05, 0.1) is 0 Å². The number of alkyl halides is 3. The van der Waals surface area contributed by atoms with E-state index in [0.717, 1.165) is 23.8 Å². The molecular weight excluding hydrogens is 259 g/mol. The lowest BCUT2D eigenvalue weighted by molar-refractivity contribution is -0.140. The molecule has 1 heterocycles. The van der Waals surface area contributed by atoms with Crippen LogP contribution in [0.15, 0.2) is 18.3 Å². The predicted octanol–water partition coefficient (Wildman–Crippen LogP) is 1.66. The zero-order chi connectivity index (χ0) is 14.0. The average molecular weight is 275 g/mol. The van der Waals surface area contributed by atoms with E-state index in [1.165, 1.54) is 18.3 Å². The molecule has 1 aromatic rings. The van der Waals surface area contributed by atoms with Crippen LogP contribution < -0.4 is 11.1 Å². The third kappa shape index (κ3) is 3.50. The molecule has 19 heavy (non-hydrogen) atoms. The molecule has 0 aromatic carbocycles. The summed E-state index contributed by atoms with van der Waals surface area (Å²) in [7, 11) is 0. The lowest BCUT2D eigenvalue weighted by Crippen LogP contribution is -2.44. The molecule has 7 heteroatoms. The van der Waals surface area contributed by atoms with Crippen LogP contribution in [0.3, 0.4) is 0 Å². The molecule has 1 saturated carbocycles. The topological polar surface area (TPSA) is 60.0 Å². The molecule has 0 saturated heterocycles. The zero-order valence-electron chi connectivity index (χ0n) is 10.3. The van der Waals surface area contributed by atoms with Gasteiger partial charge < -0.3 is 15.6 Å². The Morgan fingerprint density at radius 3 is 2.79 bits per heavy atom. The number of aromatic nitrogens is 1. The quantitative estimate of drug-likeness (QED) is 0.881. The fourth-order valence-electron chi connectivity index (χ4n) is 2.36. The number of rotatable bonds is 3. The highest BCUT2D eigenvalue weighted by molar-refractivity contribution is 5.93. The van der Waals surface area contributed by atoms with Crippen molar-refractivity contribution in [3.63, 3.8) is 0 Å². The van der Waals surface area contributed by atoms with Crippen molar-refractivity contribution >= 4 is 5.91 Å². The minimum atomic E-state index is -4.35. The van der Waals surface area contributed by atoms with Crippen LogP contribution in [-0.4, -0.2) is 28.7 Å². The van der Waals surface area contributed by atoms with Crippen LogP contribution in [0.2, 0.25) is 0 Å². The summed E-state index contributed by atoms with van der Waals surface area (Å²) in [6.07, 6.45) is -0.578. The molecule has 4 nitrogen and oxygen atoms in total. The largest absolute Gasteiger partial charge is 0.406 e. The van der Waals surface area contributed by atoms with Crippen molar-refractivity contribution in [2.75, 3.05) is 0 Å². The molecule has 1 aliphatic carbocycles. The molecule has 0 aliphatic heterocycles. The summed E-state index contributed by atoms with van der Waals surface area (Å²) in [4.78, 5) is 12.0. The van der Waals surface area contributed by atoms with Gasteiger partial charge in [-0.15, -0.1) is 0 Å². The molecule has 0 radical (unpaired) electrons. The number of halogens is 3. The summed E-state index contributed by atoms with van der Waals surface area (Å²) < 4.78 is 38.0. The van der Waals surface area contributed by atoms with Crippen LogP contribution in [0.25, 0.3) is 0 Å². The van der Waals surface area contributed by atoms with E-state index in [2.05, 4.69) is 5.32 Å². The van der Waals surface area contributed by atoms with Crippen LogP contribution in [-0.2, 0) is 6.54 Å². The van der Waals surface area contributed by atoms with Crippen molar-refractivity contribution < 1.29 is 18.0 Å². The van der Waals surface area contributed by atoms with Crippen molar-refractivity contribution in [3.8, 4) is 0 Å². The van der Waals surface area contributed by atoms with Gasteiger partial charge >= 0.3 is 6.18 Å². The zero-order valence-corrected chi connectivity index (χ0v) is 10.3. The summed E-state index contributed by atoms with van der Waals surface area (Å²) in [5, 5.41) is 2.71. The summed E-state index contributed by atoms with van der Waals surface area (Å²) in [5.41, 5.74) is 5.83. The first-order valence-corrected chi connectivity index (χ1v) is 6.15. The molecule has 1 fully saturated rings. The van der Waals surface area contributed by atoms with Gasteiger partial charge in [-0.1, -0.05) is 0 Å². The van der Waals surface area contributed by atoms with Crippen LogP contribution in [0.1, 0.15) is 29.8 Å². The van der Waals surface area contributed by atoms with E-state index in [1.54, 1.807) is 0 Å². The van der Waals surface area contributed by atoms with E-state index in [0.29, 0.717) is 0 Å². The second kappa shape index (κ2) is 5.24. The van der Waals surface area contributed by atoms with Crippen LogP contribution in [0.5, 0.6) is 0 Å². The van der Waals surface area contributed by atoms with Gasteiger partial charge in [0.25, 0.3) is 5.91 Å². The van der Waals surface area contributed by atoms with Gasteiger partial charge in [0, 0.05) is 18.3 Å². The third-order valence-electron chi connectivity index (χ3n) is 3.30. The molecule has 1 amide bonds. The first-order chi connectivity index (χ1) is 8.87. The van der Waals surface area contributed by atoms with Crippen molar-refractivity contribution in [2.24, 2.45) is 5.73 Å². The normalized spacial score (nSPS) is 23.6. The highest BCUT2D eigenvalue weighted by Gasteiger charge is 2.30. The van der Waals surface area contributed by atoms with Crippen molar-refractivity contribution in [2.45, 2.75) is 44.1 Å². The fraction of sp³-hybridized carbons (Fsp3) is 0.583. The van der Waals surface area contributed by atoms with E-state index in [9.17, 15) is 18.0 Å². The Morgan fingerprint density at radius 2 is 2.21 bits per heavy atom. The number of nitrogens with one attached hydrogen (secondary N) is 1. The Labute approximate surface area is 108 Å². The van der Waals surface area contributed by atoms with Crippen molar-refractivity contribution in [3.05, 3.63) is 24.0 Å². The Morgan fingerprint density at radius 1 is 1.47 bits per heavy atom. The molecule has 2 atom stereocenters. The monoisotopic (exact) mass is 275 g/mol. The van der Waals surface area contributed by atoms with E-state index in [4.69, 9.17) is 5.73 Å². The first kappa shape index (κ1) is 13.9. The SMILES string of the molecule is NC1CCCC1NC(=O)c1cccn1CC(F)(F)F. The second-order valence-electron chi connectivity index (χ2n) is 4.81. The summed E-state index contributed by atoms with van der Waals surface area (Å²) >= 11 is 0. The highest BCUT2D eigenvalue weighted by Crippen LogP contribution is 2.20. The third-order valence-corrected chi connectivity index (χ3v) is 3.30. The Kier molecular flexibility index (Phi) is 3.84. The number of nitrogens with zero attached hydrogens (tertiary/aromatic N) is 1. The van der Waals surface area contributed by atoms with E-state index in [-0.39, 0.29) is 17.8 Å². The van der Waals surface area contributed by atoms with Gasteiger partial charge in [-0.2, -0.15) is 13.2 Å². The van der Waals surface area contributed by atoms with Crippen molar-refractivity contribution in [1.29, 1.82) is 0 Å². The second-order valence-corrected chi connectivity index (χ2v) is 4.81. The summed E-state index contributed by atoms with van der Waals surface area (Å²) in [6, 6.07) is 2.54. The Balaban J connectivity index is 2.05. The Bertz CT molecular complexity index is 455. The smallest absolute Gasteiger partial charge is 0.346 e. The molecule has 2 unspecified atom stereocenters. The van der Waals surface area contributed by atoms with Gasteiger partial charge in [0.2, 0.25) is 0 Å². The number of nitrogens with two attached hydrogens (primary N) is 1. The molecule has 1 aromatic heterocycles. The summed E-state index contributed by atoms with van der Waals surface area (Å²) in [5.74, 6) is -0.503. The average Bonchev–Trinajstić information content (AvgIpc) is 2.86. The van der Waals surface area contributed by atoms with Gasteiger partial charge in [-0.25, -0.2) is 0 Å². The maximum atomic E-state index is 12.4. The van der Waals surface area contributed by atoms with Crippen molar-refractivity contribution in [1.82, 2.24) is 9.88 Å². The molecule has 0 bridgehead atoms. The number of hydrogen-bond acceptors (Lipinski definition) is 2. The maximum absolute atomic E-state index is 12.4. The number of carbonyl (C=O) groups excluding carboxylic acids is 1. The predicted molar refractivity (Wildman–Crippen MR) is 63.6 cm³/mol. The fourth-order valence-corrected chi connectivity index (χ4v) is 2.36. The lowest BCUT2D eigenvalue weighted by atomic mass is 10.2. The van der Waals surface area contributed by atoms with Crippen LogP contribution >= 0.6 is 0 Å². The van der Waals surface area contributed by atoms with Gasteiger partial charge in [-0.05, 0) is 31.4 Å². The Hall–Kier alpha value is -1.50. The van der Waals surface area contributed by atoms with Gasteiger partial charge in [-0.3, -0.25) is 4.79 Å². The van der Waals surface area contributed by atoms with Gasteiger partial charge in [0.15, 0.2) is 0 Å². The molecule has 1 aliphatic rings. The van der Waals surface area contributed by atoms with E-state index in [1.807, 2.05) is 0 Å². The molecule has 106 valence electrons. The number of carbonyl (C=O) groups is 1. The number of amides is 1.